The van der Waals surface area contributed by atoms with E-state index in [9.17, 15) is 4.79 Å². The lowest BCUT2D eigenvalue weighted by atomic mass is 9.91. The zero-order valence-corrected chi connectivity index (χ0v) is 13.5. The molecule has 0 aliphatic carbocycles. The molecular weight excluding hydrogens is 312 g/mol. The highest BCUT2D eigenvalue weighted by Gasteiger charge is 2.34. The molecule has 1 aliphatic rings. The average Bonchev–Trinajstić information content (AvgIpc) is 3.06. The van der Waals surface area contributed by atoms with E-state index in [1.165, 1.54) is 0 Å². The van der Waals surface area contributed by atoms with Gasteiger partial charge in [-0.1, -0.05) is 17.7 Å². The molecule has 120 valence electrons. The molecule has 1 aliphatic heterocycles. The second kappa shape index (κ2) is 7.53. The minimum absolute atomic E-state index is 0.0627. The van der Waals surface area contributed by atoms with E-state index in [4.69, 9.17) is 11.6 Å². The number of aromatic nitrogens is 2. The molecular formula is C17H19ClN4O. The third-order valence-electron chi connectivity index (χ3n) is 4.09. The van der Waals surface area contributed by atoms with Crippen LogP contribution in [-0.2, 0) is 11.2 Å². The molecule has 2 N–H and O–H groups in total. The summed E-state index contributed by atoms with van der Waals surface area (Å²) in [6, 6.07) is 9.51. The van der Waals surface area contributed by atoms with Crippen LogP contribution < -0.4 is 10.6 Å². The van der Waals surface area contributed by atoms with Crippen LogP contribution in [0.15, 0.2) is 42.7 Å². The summed E-state index contributed by atoms with van der Waals surface area (Å²) in [6.45, 7) is 2.02. The molecule has 23 heavy (non-hydrogen) atoms. The first-order valence-electron chi connectivity index (χ1n) is 7.74. The van der Waals surface area contributed by atoms with E-state index < -0.39 is 0 Å². The first-order valence-corrected chi connectivity index (χ1v) is 8.11. The Labute approximate surface area is 140 Å². The molecule has 0 spiro atoms. The molecule has 3 heterocycles. The van der Waals surface area contributed by atoms with Crippen LogP contribution in [0.4, 0.5) is 0 Å². The minimum Gasteiger partial charge on any atom is -0.355 e. The van der Waals surface area contributed by atoms with Gasteiger partial charge in [0.05, 0.1) is 10.9 Å². The van der Waals surface area contributed by atoms with Crippen LogP contribution in [0, 0.1) is 5.92 Å². The van der Waals surface area contributed by atoms with Crippen molar-refractivity contribution < 1.29 is 4.79 Å². The van der Waals surface area contributed by atoms with Crippen LogP contribution in [0.5, 0.6) is 0 Å². The van der Waals surface area contributed by atoms with Gasteiger partial charge in [0.25, 0.3) is 0 Å². The molecule has 0 radical (unpaired) electrons. The Morgan fingerprint density at radius 2 is 2.17 bits per heavy atom. The Hall–Kier alpha value is -1.98. The van der Waals surface area contributed by atoms with Gasteiger partial charge in [-0.15, -0.1) is 0 Å². The molecule has 5 nitrogen and oxygen atoms in total. The monoisotopic (exact) mass is 330 g/mol. The topological polar surface area (TPSA) is 66.9 Å². The van der Waals surface area contributed by atoms with Crippen molar-refractivity contribution in [3.05, 3.63) is 59.1 Å². The highest BCUT2D eigenvalue weighted by molar-refractivity contribution is 6.30. The minimum atomic E-state index is -0.104. The second-order valence-corrected chi connectivity index (χ2v) is 6.07. The van der Waals surface area contributed by atoms with Gasteiger partial charge in [-0.3, -0.25) is 14.8 Å². The summed E-state index contributed by atoms with van der Waals surface area (Å²) < 4.78 is 0. The van der Waals surface area contributed by atoms with E-state index in [1.807, 2.05) is 30.3 Å². The predicted octanol–water partition coefficient (Wildman–Crippen LogP) is 1.79. The molecule has 2 aromatic rings. The number of rotatable bonds is 5. The van der Waals surface area contributed by atoms with E-state index in [2.05, 4.69) is 20.6 Å². The summed E-state index contributed by atoms with van der Waals surface area (Å²) in [6.07, 6.45) is 4.13. The van der Waals surface area contributed by atoms with Gasteiger partial charge in [0, 0.05) is 55.8 Å². The van der Waals surface area contributed by atoms with Crippen LogP contribution in [0.2, 0.25) is 5.02 Å². The van der Waals surface area contributed by atoms with Crippen LogP contribution in [-0.4, -0.2) is 35.5 Å². The standard InChI is InChI=1S/C17H19ClN4O/c18-12-4-5-16(22-9-12)14-10-19-11-15(14)17(23)21-8-6-13-3-1-2-7-20-13/h1-5,7,9,14-15,19H,6,8,10-11H2,(H,21,23)/t14-,15-/m1/s1. The maximum absolute atomic E-state index is 12.5. The molecule has 2 atom stereocenters. The van der Waals surface area contributed by atoms with Crippen molar-refractivity contribution in [3.8, 4) is 0 Å². The Morgan fingerprint density at radius 3 is 2.91 bits per heavy atom. The van der Waals surface area contributed by atoms with E-state index in [0.717, 1.165) is 24.4 Å². The maximum Gasteiger partial charge on any atom is 0.225 e. The highest BCUT2D eigenvalue weighted by atomic mass is 35.5. The van der Waals surface area contributed by atoms with Crippen molar-refractivity contribution >= 4 is 17.5 Å². The van der Waals surface area contributed by atoms with Gasteiger partial charge in [0.1, 0.15) is 0 Å². The lowest BCUT2D eigenvalue weighted by Crippen LogP contribution is -2.35. The zero-order chi connectivity index (χ0) is 16.1. The van der Waals surface area contributed by atoms with Crippen molar-refractivity contribution in [2.24, 2.45) is 5.92 Å². The van der Waals surface area contributed by atoms with Gasteiger partial charge >= 0.3 is 0 Å². The number of halogens is 1. The van der Waals surface area contributed by atoms with Gasteiger partial charge in [-0.05, 0) is 24.3 Å². The maximum atomic E-state index is 12.5. The van der Waals surface area contributed by atoms with Gasteiger partial charge in [0.2, 0.25) is 5.91 Å². The fourth-order valence-electron chi connectivity index (χ4n) is 2.86. The van der Waals surface area contributed by atoms with Crippen LogP contribution >= 0.6 is 11.6 Å². The molecule has 0 unspecified atom stereocenters. The number of nitrogens with zero attached hydrogens (tertiary/aromatic N) is 2. The van der Waals surface area contributed by atoms with Crippen LogP contribution in [0.1, 0.15) is 17.3 Å². The van der Waals surface area contributed by atoms with Crippen LogP contribution in [0.25, 0.3) is 0 Å². The smallest absolute Gasteiger partial charge is 0.225 e. The SMILES string of the molecule is O=C(NCCc1ccccn1)[C@@H]1CNC[C@H]1c1ccc(Cl)cn1. The third kappa shape index (κ3) is 4.06. The number of nitrogens with one attached hydrogen (secondary N) is 2. The first-order chi connectivity index (χ1) is 11.2. The number of hydrogen-bond acceptors (Lipinski definition) is 4. The van der Waals surface area contributed by atoms with E-state index in [0.29, 0.717) is 18.1 Å². The molecule has 2 aromatic heterocycles. The lowest BCUT2D eigenvalue weighted by Gasteiger charge is -2.17. The van der Waals surface area contributed by atoms with Crippen molar-refractivity contribution in [3.63, 3.8) is 0 Å². The van der Waals surface area contributed by atoms with E-state index in [-0.39, 0.29) is 17.7 Å². The van der Waals surface area contributed by atoms with Crippen molar-refractivity contribution in [2.45, 2.75) is 12.3 Å². The third-order valence-corrected chi connectivity index (χ3v) is 4.31. The molecule has 3 rings (SSSR count). The summed E-state index contributed by atoms with van der Waals surface area (Å²) >= 11 is 5.88. The van der Waals surface area contributed by atoms with Crippen molar-refractivity contribution in [1.29, 1.82) is 0 Å². The molecule has 0 aromatic carbocycles. The van der Waals surface area contributed by atoms with Gasteiger partial charge in [-0.25, -0.2) is 0 Å². The molecule has 0 bridgehead atoms. The van der Waals surface area contributed by atoms with Crippen molar-refractivity contribution in [2.75, 3.05) is 19.6 Å². The first kappa shape index (κ1) is 15.9. The van der Waals surface area contributed by atoms with Gasteiger partial charge < -0.3 is 10.6 Å². The summed E-state index contributed by atoms with van der Waals surface area (Å²) in [4.78, 5) is 21.1. The second-order valence-electron chi connectivity index (χ2n) is 5.63. The number of carbonyl (C=O) groups is 1. The fourth-order valence-corrected chi connectivity index (χ4v) is 2.97. The Bertz CT molecular complexity index is 647. The molecule has 6 heteroatoms. The molecule has 1 amide bonds. The number of hydrogen-bond donors (Lipinski definition) is 2. The van der Waals surface area contributed by atoms with E-state index >= 15 is 0 Å². The fraction of sp³-hybridized carbons (Fsp3) is 0.353. The largest absolute Gasteiger partial charge is 0.355 e. The predicted molar refractivity (Wildman–Crippen MR) is 89.3 cm³/mol. The Balaban J connectivity index is 1.56. The highest BCUT2D eigenvalue weighted by Crippen LogP contribution is 2.27. The normalized spacial score (nSPS) is 20.4. The van der Waals surface area contributed by atoms with Crippen molar-refractivity contribution in [1.82, 2.24) is 20.6 Å². The number of pyridine rings is 2. The summed E-state index contributed by atoms with van der Waals surface area (Å²) in [5.41, 5.74) is 1.89. The summed E-state index contributed by atoms with van der Waals surface area (Å²) in [7, 11) is 0. The number of carbonyl (C=O) groups excluding carboxylic acids is 1. The van der Waals surface area contributed by atoms with Crippen LogP contribution in [0.3, 0.4) is 0 Å². The number of amides is 1. The van der Waals surface area contributed by atoms with Gasteiger partial charge in [0.15, 0.2) is 0 Å². The molecule has 1 saturated heterocycles. The van der Waals surface area contributed by atoms with E-state index in [1.54, 1.807) is 12.4 Å². The summed E-state index contributed by atoms with van der Waals surface area (Å²) in [5, 5.41) is 6.90. The Morgan fingerprint density at radius 1 is 1.26 bits per heavy atom. The Kier molecular flexibility index (Phi) is 5.20. The molecule has 0 saturated carbocycles. The average molecular weight is 331 g/mol. The zero-order valence-electron chi connectivity index (χ0n) is 12.7. The quantitative estimate of drug-likeness (QED) is 0.877. The van der Waals surface area contributed by atoms with Gasteiger partial charge in [-0.2, -0.15) is 0 Å². The lowest BCUT2D eigenvalue weighted by molar-refractivity contribution is -0.124. The molecule has 1 fully saturated rings. The summed E-state index contributed by atoms with van der Waals surface area (Å²) in [5.74, 6) is 0.0437.